The van der Waals surface area contributed by atoms with Crippen LogP contribution in [0.2, 0.25) is 0 Å². The largest absolute Gasteiger partial charge is 0.496 e. The average molecular weight is 251 g/mol. The van der Waals surface area contributed by atoms with Gasteiger partial charge in [0.2, 0.25) is 0 Å². The first-order valence-electron chi connectivity index (χ1n) is 5.46. The minimum atomic E-state index is -0.871. The van der Waals surface area contributed by atoms with Crippen molar-refractivity contribution >= 4 is 11.9 Å². The number of esters is 1. The van der Waals surface area contributed by atoms with E-state index in [0.29, 0.717) is 12.3 Å². The summed E-state index contributed by atoms with van der Waals surface area (Å²) in [5, 5.41) is 0. The maximum Gasteiger partial charge on any atom is 0.396 e. The number of carbonyl (C=O) groups is 2. The van der Waals surface area contributed by atoms with Gasteiger partial charge in [-0.2, -0.15) is 0 Å². The molecule has 0 saturated heterocycles. The number of rotatable bonds is 3. The number of methoxy groups -OCH3 is 2. The highest BCUT2D eigenvalue weighted by Crippen LogP contribution is 2.21. The predicted octanol–water partition coefficient (Wildman–Crippen LogP) is 1.14. The number of benzene rings is 1. The summed E-state index contributed by atoms with van der Waals surface area (Å²) in [6, 6.07) is 5.67. The van der Waals surface area contributed by atoms with Crippen LogP contribution in [0.4, 0.5) is 0 Å². The summed E-state index contributed by atoms with van der Waals surface area (Å²) in [7, 11) is 4.29. The highest BCUT2D eigenvalue weighted by molar-refractivity contribution is 6.32. The fourth-order valence-corrected chi connectivity index (χ4v) is 1.60. The molecular weight excluding hydrogens is 234 g/mol. The summed E-state index contributed by atoms with van der Waals surface area (Å²) in [6.45, 7) is 2.24. The molecule has 0 heterocycles. The SMILES string of the molecule is COC(=O)C(=O)N(C)Cc1cc(C)ccc1OC. The standard InChI is InChI=1S/C13H17NO4/c1-9-5-6-11(17-3)10(7-9)8-14(2)12(15)13(16)18-4/h5-7H,8H2,1-4H3. The summed E-state index contributed by atoms with van der Waals surface area (Å²) in [4.78, 5) is 24.0. The molecule has 0 radical (unpaired) electrons. The first kappa shape index (κ1) is 14.0. The van der Waals surface area contributed by atoms with E-state index < -0.39 is 11.9 Å². The number of ether oxygens (including phenoxy) is 2. The van der Waals surface area contributed by atoms with Gasteiger partial charge >= 0.3 is 11.9 Å². The van der Waals surface area contributed by atoms with Crippen LogP contribution >= 0.6 is 0 Å². The molecule has 0 bridgehead atoms. The number of aryl methyl sites for hydroxylation is 1. The Bertz CT molecular complexity index is 456. The van der Waals surface area contributed by atoms with Crippen molar-refractivity contribution in [2.75, 3.05) is 21.3 Å². The molecule has 0 saturated carbocycles. The molecule has 0 spiro atoms. The lowest BCUT2D eigenvalue weighted by Crippen LogP contribution is -2.33. The van der Waals surface area contributed by atoms with Crippen molar-refractivity contribution in [3.63, 3.8) is 0 Å². The van der Waals surface area contributed by atoms with Crippen molar-refractivity contribution in [1.29, 1.82) is 0 Å². The molecule has 0 aromatic heterocycles. The Hall–Kier alpha value is -2.04. The number of carbonyl (C=O) groups excluding carboxylic acids is 2. The van der Waals surface area contributed by atoms with Crippen molar-refractivity contribution in [1.82, 2.24) is 4.90 Å². The average Bonchev–Trinajstić information content (AvgIpc) is 2.37. The zero-order chi connectivity index (χ0) is 13.7. The van der Waals surface area contributed by atoms with E-state index in [-0.39, 0.29) is 0 Å². The molecule has 1 aromatic carbocycles. The molecule has 1 rings (SSSR count). The molecule has 98 valence electrons. The van der Waals surface area contributed by atoms with E-state index in [0.717, 1.165) is 11.1 Å². The van der Waals surface area contributed by atoms with E-state index >= 15 is 0 Å². The van der Waals surface area contributed by atoms with Gasteiger partial charge < -0.3 is 14.4 Å². The quantitative estimate of drug-likeness (QED) is 0.597. The molecule has 1 aromatic rings. The second-order valence-corrected chi connectivity index (χ2v) is 3.97. The Balaban J connectivity index is 2.87. The highest BCUT2D eigenvalue weighted by atomic mass is 16.5. The van der Waals surface area contributed by atoms with Crippen LogP contribution < -0.4 is 4.74 Å². The first-order valence-corrected chi connectivity index (χ1v) is 5.46. The summed E-state index contributed by atoms with van der Waals surface area (Å²) in [5.41, 5.74) is 1.90. The van der Waals surface area contributed by atoms with Gasteiger partial charge in [0.05, 0.1) is 14.2 Å². The third kappa shape index (κ3) is 3.23. The molecular formula is C13H17NO4. The lowest BCUT2D eigenvalue weighted by molar-refractivity contribution is -0.157. The molecule has 0 atom stereocenters. The molecule has 0 N–H and O–H groups in total. The van der Waals surface area contributed by atoms with Crippen LogP contribution in [0.15, 0.2) is 18.2 Å². The van der Waals surface area contributed by atoms with Crippen LogP contribution in [-0.4, -0.2) is 38.0 Å². The van der Waals surface area contributed by atoms with E-state index in [9.17, 15) is 9.59 Å². The van der Waals surface area contributed by atoms with Gasteiger partial charge in [0.1, 0.15) is 5.75 Å². The second-order valence-electron chi connectivity index (χ2n) is 3.97. The van der Waals surface area contributed by atoms with Gasteiger partial charge in [-0.3, -0.25) is 4.79 Å². The van der Waals surface area contributed by atoms with Crippen molar-refractivity contribution in [2.24, 2.45) is 0 Å². The zero-order valence-corrected chi connectivity index (χ0v) is 11.0. The monoisotopic (exact) mass is 251 g/mol. The molecule has 0 aliphatic heterocycles. The van der Waals surface area contributed by atoms with Crippen LogP contribution in [0.1, 0.15) is 11.1 Å². The maximum absolute atomic E-state index is 11.6. The number of likely N-dealkylation sites (N-methyl/N-ethyl adjacent to an activating group) is 1. The molecule has 5 heteroatoms. The van der Waals surface area contributed by atoms with Crippen molar-refractivity contribution < 1.29 is 19.1 Å². The van der Waals surface area contributed by atoms with Crippen molar-refractivity contribution in [2.45, 2.75) is 13.5 Å². The van der Waals surface area contributed by atoms with E-state index in [1.165, 1.54) is 12.0 Å². The van der Waals surface area contributed by atoms with Crippen LogP contribution in [0, 0.1) is 6.92 Å². The number of amides is 1. The van der Waals surface area contributed by atoms with Gasteiger partial charge in [-0.05, 0) is 13.0 Å². The fraction of sp³-hybridized carbons (Fsp3) is 0.385. The van der Waals surface area contributed by atoms with Gasteiger partial charge in [-0.1, -0.05) is 17.7 Å². The van der Waals surface area contributed by atoms with E-state index in [1.807, 2.05) is 25.1 Å². The summed E-state index contributed by atoms with van der Waals surface area (Å²) < 4.78 is 9.60. The first-order chi connectivity index (χ1) is 8.49. The minimum absolute atomic E-state index is 0.290. The number of nitrogens with zero attached hydrogens (tertiary/aromatic N) is 1. The third-order valence-electron chi connectivity index (χ3n) is 2.55. The van der Waals surface area contributed by atoms with Crippen LogP contribution in [-0.2, 0) is 20.9 Å². The van der Waals surface area contributed by atoms with Crippen LogP contribution in [0.5, 0.6) is 5.75 Å². The lowest BCUT2D eigenvalue weighted by Gasteiger charge is -2.17. The molecule has 0 aliphatic carbocycles. The predicted molar refractivity (Wildman–Crippen MR) is 66.2 cm³/mol. The van der Waals surface area contributed by atoms with Gasteiger partial charge in [-0.25, -0.2) is 4.79 Å². The molecule has 0 unspecified atom stereocenters. The summed E-state index contributed by atoms with van der Waals surface area (Å²) in [5.74, 6) is -0.865. The molecule has 0 fully saturated rings. The summed E-state index contributed by atoms with van der Waals surface area (Å²) >= 11 is 0. The number of hydrogen-bond acceptors (Lipinski definition) is 4. The lowest BCUT2D eigenvalue weighted by atomic mass is 10.1. The Morgan fingerprint density at radius 2 is 1.94 bits per heavy atom. The second kappa shape index (κ2) is 6.05. The van der Waals surface area contributed by atoms with Crippen LogP contribution in [0.25, 0.3) is 0 Å². The maximum atomic E-state index is 11.6. The van der Waals surface area contributed by atoms with Gasteiger partial charge in [0, 0.05) is 19.2 Å². The smallest absolute Gasteiger partial charge is 0.396 e. The number of hydrogen-bond donors (Lipinski definition) is 0. The fourth-order valence-electron chi connectivity index (χ4n) is 1.60. The summed E-state index contributed by atoms with van der Waals surface area (Å²) in [6.07, 6.45) is 0. The van der Waals surface area contributed by atoms with E-state index in [2.05, 4.69) is 4.74 Å². The molecule has 5 nitrogen and oxygen atoms in total. The zero-order valence-electron chi connectivity index (χ0n) is 11.0. The Kier molecular flexibility index (Phi) is 4.71. The highest BCUT2D eigenvalue weighted by Gasteiger charge is 2.20. The Labute approximate surface area is 106 Å². The normalized spacial score (nSPS) is 9.78. The molecule has 18 heavy (non-hydrogen) atoms. The van der Waals surface area contributed by atoms with Gasteiger partial charge in [0.15, 0.2) is 0 Å². The minimum Gasteiger partial charge on any atom is -0.496 e. The Morgan fingerprint density at radius 3 is 2.50 bits per heavy atom. The van der Waals surface area contributed by atoms with Crippen molar-refractivity contribution in [3.8, 4) is 5.75 Å². The van der Waals surface area contributed by atoms with E-state index in [4.69, 9.17) is 4.74 Å². The molecule has 0 aliphatic rings. The topological polar surface area (TPSA) is 55.8 Å². The van der Waals surface area contributed by atoms with Crippen molar-refractivity contribution in [3.05, 3.63) is 29.3 Å². The van der Waals surface area contributed by atoms with E-state index in [1.54, 1.807) is 14.2 Å². The third-order valence-corrected chi connectivity index (χ3v) is 2.55. The van der Waals surface area contributed by atoms with Gasteiger partial charge in [0.25, 0.3) is 0 Å². The van der Waals surface area contributed by atoms with Gasteiger partial charge in [-0.15, -0.1) is 0 Å². The van der Waals surface area contributed by atoms with Crippen LogP contribution in [0.3, 0.4) is 0 Å². The molecule has 1 amide bonds. The Morgan fingerprint density at radius 1 is 1.28 bits per heavy atom.